The summed E-state index contributed by atoms with van der Waals surface area (Å²) >= 11 is 0. The Balaban J connectivity index is 2.59. The normalized spacial score (nSPS) is 12.7. The highest BCUT2D eigenvalue weighted by Crippen LogP contribution is 2.09. The molecule has 0 aromatic heterocycles. The lowest BCUT2D eigenvalue weighted by molar-refractivity contribution is -0.138. The van der Waals surface area contributed by atoms with E-state index in [0.29, 0.717) is 6.42 Å². The van der Waals surface area contributed by atoms with E-state index in [1.165, 1.54) is 5.56 Å². The second-order valence-electron chi connectivity index (χ2n) is 4.43. The molecule has 0 amide bonds. The van der Waals surface area contributed by atoms with Gasteiger partial charge in [0, 0.05) is 6.54 Å². The highest BCUT2D eigenvalue weighted by atomic mass is 16.4. The van der Waals surface area contributed by atoms with Gasteiger partial charge in [0.25, 0.3) is 0 Å². The topological polar surface area (TPSA) is 66.6 Å². The molecule has 1 atom stereocenters. The Kier molecular flexibility index (Phi) is 5.82. The molecule has 0 aliphatic heterocycles. The number of nitrogens with two attached hydrogens (primary N) is 1. The van der Waals surface area contributed by atoms with E-state index >= 15 is 0 Å². The predicted octanol–water partition coefficient (Wildman–Crippen LogP) is 1.48. The monoisotopic (exact) mass is 250 g/mol. The van der Waals surface area contributed by atoms with Crippen LogP contribution in [-0.4, -0.2) is 35.1 Å². The van der Waals surface area contributed by atoms with E-state index in [9.17, 15) is 4.79 Å². The number of aliphatic carboxylic acids is 1. The molecule has 0 bridgehead atoms. The van der Waals surface area contributed by atoms with Gasteiger partial charge in [0.05, 0.1) is 0 Å². The van der Waals surface area contributed by atoms with E-state index in [1.807, 2.05) is 24.3 Å². The minimum Gasteiger partial charge on any atom is -0.480 e. The quantitative estimate of drug-likeness (QED) is 0.769. The zero-order chi connectivity index (χ0) is 13.5. The van der Waals surface area contributed by atoms with E-state index < -0.39 is 12.0 Å². The fourth-order valence-electron chi connectivity index (χ4n) is 1.83. The van der Waals surface area contributed by atoms with E-state index in [-0.39, 0.29) is 0 Å². The first-order valence-corrected chi connectivity index (χ1v) is 6.35. The van der Waals surface area contributed by atoms with Crippen molar-refractivity contribution in [2.75, 3.05) is 13.1 Å². The van der Waals surface area contributed by atoms with Gasteiger partial charge in [-0.05, 0) is 30.6 Å². The molecule has 1 rings (SSSR count). The van der Waals surface area contributed by atoms with Crippen molar-refractivity contribution in [2.24, 2.45) is 5.73 Å². The van der Waals surface area contributed by atoms with Crippen LogP contribution in [0.1, 0.15) is 25.0 Å². The summed E-state index contributed by atoms with van der Waals surface area (Å²) in [5, 5.41) is 8.75. The molecule has 1 aromatic carbocycles. The Bertz CT molecular complexity index is 372. The van der Waals surface area contributed by atoms with Crippen LogP contribution in [0, 0.1) is 0 Å². The summed E-state index contributed by atoms with van der Waals surface area (Å²) in [5.41, 5.74) is 7.71. The van der Waals surface area contributed by atoms with Gasteiger partial charge in [-0.2, -0.15) is 0 Å². The van der Waals surface area contributed by atoms with Gasteiger partial charge >= 0.3 is 5.97 Å². The molecule has 18 heavy (non-hydrogen) atoms. The minimum atomic E-state index is -0.956. The van der Waals surface area contributed by atoms with Crippen LogP contribution in [-0.2, 0) is 17.8 Å². The van der Waals surface area contributed by atoms with Gasteiger partial charge in [0.1, 0.15) is 6.04 Å². The van der Waals surface area contributed by atoms with E-state index in [0.717, 1.165) is 25.2 Å². The highest BCUT2D eigenvalue weighted by molar-refractivity contribution is 5.73. The third-order valence-corrected chi connectivity index (χ3v) is 3.10. The number of hydrogen-bond acceptors (Lipinski definition) is 3. The number of carboxylic acids is 1. The summed E-state index contributed by atoms with van der Waals surface area (Å²) in [6.45, 7) is 7.27. The second kappa shape index (κ2) is 7.13. The maximum absolute atomic E-state index is 10.7. The Labute approximate surface area is 108 Å². The first-order valence-electron chi connectivity index (χ1n) is 6.35. The molecule has 0 saturated heterocycles. The molecule has 0 radical (unpaired) electrons. The van der Waals surface area contributed by atoms with Gasteiger partial charge in [0.15, 0.2) is 0 Å². The van der Waals surface area contributed by atoms with Gasteiger partial charge < -0.3 is 10.8 Å². The second-order valence-corrected chi connectivity index (χ2v) is 4.43. The molecule has 0 aliphatic rings. The maximum atomic E-state index is 10.7. The van der Waals surface area contributed by atoms with Crippen LogP contribution in [0.25, 0.3) is 0 Å². The van der Waals surface area contributed by atoms with Crippen LogP contribution in [0.2, 0.25) is 0 Å². The number of rotatable bonds is 7. The van der Waals surface area contributed by atoms with Crippen molar-refractivity contribution in [3.05, 3.63) is 35.4 Å². The maximum Gasteiger partial charge on any atom is 0.320 e. The minimum absolute atomic E-state index is 0.376. The number of carboxylic acid groups (broad SMARTS) is 1. The summed E-state index contributed by atoms with van der Waals surface area (Å²) in [4.78, 5) is 13.0. The van der Waals surface area contributed by atoms with Gasteiger partial charge in [-0.15, -0.1) is 0 Å². The first kappa shape index (κ1) is 14.7. The van der Waals surface area contributed by atoms with Crippen LogP contribution in [0.5, 0.6) is 0 Å². The third kappa shape index (κ3) is 4.47. The fourth-order valence-corrected chi connectivity index (χ4v) is 1.83. The van der Waals surface area contributed by atoms with Gasteiger partial charge in [-0.25, -0.2) is 0 Å². The predicted molar refractivity (Wildman–Crippen MR) is 72.4 cm³/mol. The molecule has 0 spiro atoms. The van der Waals surface area contributed by atoms with Crippen molar-refractivity contribution in [1.82, 2.24) is 4.90 Å². The zero-order valence-electron chi connectivity index (χ0n) is 11.1. The van der Waals surface area contributed by atoms with Crippen LogP contribution in [0.15, 0.2) is 24.3 Å². The Hall–Kier alpha value is -1.39. The Morgan fingerprint density at radius 3 is 2.17 bits per heavy atom. The Morgan fingerprint density at radius 2 is 1.72 bits per heavy atom. The fraction of sp³-hybridized carbons (Fsp3) is 0.500. The van der Waals surface area contributed by atoms with Crippen LogP contribution >= 0.6 is 0 Å². The SMILES string of the molecule is CCN(CC)Cc1ccc(C[C@@H](N)C(=O)O)cc1. The number of nitrogens with zero attached hydrogens (tertiary/aromatic N) is 1. The molecule has 4 heteroatoms. The molecule has 0 unspecified atom stereocenters. The van der Waals surface area contributed by atoms with Crippen LogP contribution in [0.4, 0.5) is 0 Å². The highest BCUT2D eigenvalue weighted by Gasteiger charge is 2.11. The molecule has 4 nitrogen and oxygen atoms in total. The Morgan fingerprint density at radius 1 is 1.22 bits per heavy atom. The van der Waals surface area contributed by atoms with Crippen LogP contribution < -0.4 is 5.73 Å². The average molecular weight is 250 g/mol. The number of benzene rings is 1. The summed E-state index contributed by atoms with van der Waals surface area (Å²) in [6, 6.07) is 7.19. The third-order valence-electron chi connectivity index (χ3n) is 3.10. The largest absolute Gasteiger partial charge is 0.480 e. The van der Waals surface area contributed by atoms with Crippen LogP contribution in [0.3, 0.4) is 0 Å². The number of hydrogen-bond donors (Lipinski definition) is 2. The summed E-state index contributed by atoms with van der Waals surface area (Å²) in [5.74, 6) is -0.956. The standard InChI is InChI=1S/C14H22N2O2/c1-3-16(4-2)10-12-7-5-11(6-8-12)9-13(15)14(17)18/h5-8,13H,3-4,9-10,15H2,1-2H3,(H,17,18)/t13-/m1/s1. The van der Waals surface area contributed by atoms with E-state index in [1.54, 1.807) is 0 Å². The van der Waals surface area contributed by atoms with Crippen molar-refractivity contribution in [2.45, 2.75) is 32.9 Å². The lowest BCUT2D eigenvalue weighted by Crippen LogP contribution is -2.32. The first-order chi connectivity index (χ1) is 8.56. The van der Waals surface area contributed by atoms with Gasteiger partial charge in [-0.1, -0.05) is 38.1 Å². The molecular formula is C14H22N2O2. The molecule has 100 valence electrons. The average Bonchev–Trinajstić information content (AvgIpc) is 2.37. The molecule has 0 aliphatic carbocycles. The van der Waals surface area contributed by atoms with Crippen molar-refractivity contribution in [3.63, 3.8) is 0 Å². The molecular weight excluding hydrogens is 228 g/mol. The molecule has 0 fully saturated rings. The molecule has 0 heterocycles. The van der Waals surface area contributed by atoms with E-state index in [2.05, 4.69) is 18.7 Å². The van der Waals surface area contributed by atoms with Crippen molar-refractivity contribution >= 4 is 5.97 Å². The van der Waals surface area contributed by atoms with Gasteiger partial charge in [0.2, 0.25) is 0 Å². The van der Waals surface area contributed by atoms with Crippen molar-refractivity contribution in [3.8, 4) is 0 Å². The summed E-state index contributed by atoms with van der Waals surface area (Å²) < 4.78 is 0. The zero-order valence-corrected chi connectivity index (χ0v) is 11.1. The summed E-state index contributed by atoms with van der Waals surface area (Å²) in [6.07, 6.45) is 0.376. The molecule has 3 N–H and O–H groups in total. The van der Waals surface area contributed by atoms with Crippen molar-refractivity contribution < 1.29 is 9.90 Å². The van der Waals surface area contributed by atoms with Gasteiger partial charge in [-0.3, -0.25) is 9.69 Å². The lowest BCUT2D eigenvalue weighted by atomic mass is 10.0. The molecule has 1 aromatic rings. The lowest BCUT2D eigenvalue weighted by Gasteiger charge is -2.18. The van der Waals surface area contributed by atoms with Crippen molar-refractivity contribution in [1.29, 1.82) is 0 Å². The smallest absolute Gasteiger partial charge is 0.320 e. The van der Waals surface area contributed by atoms with E-state index in [4.69, 9.17) is 10.8 Å². The molecule has 0 saturated carbocycles. The summed E-state index contributed by atoms with van der Waals surface area (Å²) in [7, 11) is 0. The number of carbonyl (C=O) groups is 1.